The van der Waals surface area contributed by atoms with Gasteiger partial charge in [-0.1, -0.05) is 29.4 Å². The maximum atomic E-state index is 11.9. The molecule has 24 heavy (non-hydrogen) atoms. The molecule has 0 radical (unpaired) electrons. The Balaban J connectivity index is 0.00000208. The summed E-state index contributed by atoms with van der Waals surface area (Å²) in [4.78, 5) is 15.9. The molecule has 3 rings (SSSR count). The minimum Gasteiger partial charge on any atom is -0.362 e. The van der Waals surface area contributed by atoms with Gasteiger partial charge in [-0.3, -0.25) is 4.79 Å². The van der Waals surface area contributed by atoms with Crippen LogP contribution in [-0.4, -0.2) is 35.7 Å². The van der Waals surface area contributed by atoms with Crippen molar-refractivity contribution in [3.63, 3.8) is 0 Å². The van der Waals surface area contributed by atoms with E-state index in [0.717, 1.165) is 13.0 Å². The van der Waals surface area contributed by atoms with Gasteiger partial charge < -0.3 is 19.9 Å². The Morgan fingerprint density at radius 2 is 2.29 bits per heavy atom. The molecule has 2 aromatic rings. The molecule has 1 unspecified atom stereocenters. The maximum absolute atomic E-state index is 11.9. The van der Waals surface area contributed by atoms with E-state index in [4.69, 9.17) is 9.26 Å². The zero-order valence-electron chi connectivity index (χ0n) is 13.4. The summed E-state index contributed by atoms with van der Waals surface area (Å²) < 4.78 is 10.2. The lowest BCUT2D eigenvalue weighted by Crippen LogP contribution is -2.39. The van der Waals surface area contributed by atoms with Gasteiger partial charge in [0.05, 0.1) is 0 Å². The number of ether oxygens (including phenoxy) is 1. The number of benzene rings is 1. The van der Waals surface area contributed by atoms with E-state index in [0.29, 0.717) is 18.3 Å². The highest BCUT2D eigenvalue weighted by atomic mass is 35.5. The van der Waals surface area contributed by atoms with Gasteiger partial charge in [-0.15, -0.1) is 12.4 Å². The van der Waals surface area contributed by atoms with Crippen molar-refractivity contribution in [3.05, 3.63) is 47.1 Å². The number of hydrogen-bond donors (Lipinski definition) is 2. The molecule has 2 N–H and O–H groups in total. The summed E-state index contributed by atoms with van der Waals surface area (Å²) >= 11 is 0. The highest BCUT2D eigenvalue weighted by Crippen LogP contribution is 2.21. The maximum Gasteiger partial charge on any atom is 0.252 e. The lowest BCUT2D eigenvalue weighted by Gasteiger charge is -2.27. The average molecular weight is 353 g/mol. The van der Waals surface area contributed by atoms with Gasteiger partial charge in [0.1, 0.15) is 13.2 Å². The Bertz CT molecular complexity index is 677. The zero-order valence-corrected chi connectivity index (χ0v) is 14.3. The van der Waals surface area contributed by atoms with Crippen molar-refractivity contribution < 1.29 is 14.1 Å². The van der Waals surface area contributed by atoms with Crippen LogP contribution in [0.15, 0.2) is 28.8 Å². The predicted molar refractivity (Wildman–Crippen MR) is 89.8 cm³/mol. The Labute approximate surface area is 146 Å². The van der Waals surface area contributed by atoms with Crippen LogP contribution >= 0.6 is 12.4 Å². The lowest BCUT2D eigenvalue weighted by molar-refractivity contribution is -0.126. The predicted octanol–water partition coefficient (Wildman–Crippen LogP) is 1.32. The zero-order chi connectivity index (χ0) is 16.1. The van der Waals surface area contributed by atoms with E-state index in [1.54, 1.807) is 6.92 Å². The number of amides is 1. The summed E-state index contributed by atoms with van der Waals surface area (Å²) in [5.74, 6) is 0.763. The standard InChI is InChI=1S/C16H20N4O3.ClH/c1-11-19-16(23-20-11)10-22-9-15(21)18-8-14-13-5-3-2-4-12(13)6-7-17-14;/h2-5,14,17H,6-10H2,1H3,(H,18,21);1H. The summed E-state index contributed by atoms with van der Waals surface area (Å²) in [6.07, 6.45) is 1.02. The largest absolute Gasteiger partial charge is 0.362 e. The third kappa shape index (κ3) is 4.77. The third-order valence-electron chi connectivity index (χ3n) is 3.75. The lowest BCUT2D eigenvalue weighted by atomic mass is 9.94. The molecule has 1 aromatic heterocycles. The third-order valence-corrected chi connectivity index (χ3v) is 3.75. The van der Waals surface area contributed by atoms with E-state index in [1.165, 1.54) is 11.1 Å². The van der Waals surface area contributed by atoms with Gasteiger partial charge in [0.2, 0.25) is 5.91 Å². The first-order valence-corrected chi connectivity index (χ1v) is 7.67. The number of aryl methyl sites for hydroxylation is 1. The fraction of sp³-hybridized carbons (Fsp3) is 0.438. The molecule has 1 aliphatic heterocycles. The van der Waals surface area contributed by atoms with E-state index in [9.17, 15) is 4.79 Å². The van der Waals surface area contributed by atoms with Crippen molar-refractivity contribution in [2.75, 3.05) is 19.7 Å². The van der Waals surface area contributed by atoms with E-state index in [-0.39, 0.29) is 37.6 Å². The minimum absolute atomic E-state index is 0. The first-order valence-electron chi connectivity index (χ1n) is 7.67. The molecule has 0 saturated heterocycles. The molecule has 2 heterocycles. The van der Waals surface area contributed by atoms with E-state index in [1.807, 2.05) is 12.1 Å². The molecule has 0 spiro atoms. The quantitative estimate of drug-likeness (QED) is 0.815. The normalized spacial score (nSPS) is 16.1. The van der Waals surface area contributed by atoms with Crippen molar-refractivity contribution in [2.45, 2.75) is 26.0 Å². The van der Waals surface area contributed by atoms with Gasteiger partial charge in [-0.2, -0.15) is 4.98 Å². The van der Waals surface area contributed by atoms with Crippen molar-refractivity contribution in [2.24, 2.45) is 0 Å². The van der Waals surface area contributed by atoms with Crippen molar-refractivity contribution in [1.82, 2.24) is 20.8 Å². The average Bonchev–Trinajstić information content (AvgIpc) is 2.98. The number of nitrogens with one attached hydrogen (secondary N) is 2. The Kier molecular flexibility index (Phi) is 6.72. The number of rotatable bonds is 6. The number of carbonyl (C=O) groups excluding carboxylic acids is 1. The van der Waals surface area contributed by atoms with Crippen LogP contribution < -0.4 is 10.6 Å². The summed E-state index contributed by atoms with van der Waals surface area (Å²) in [5.41, 5.74) is 2.59. The summed E-state index contributed by atoms with van der Waals surface area (Å²) in [7, 11) is 0. The SMILES string of the molecule is Cc1noc(COCC(=O)NCC2NCCc3ccccc32)n1.Cl. The minimum atomic E-state index is -0.161. The van der Waals surface area contributed by atoms with E-state index in [2.05, 4.69) is 32.9 Å². The molecule has 0 aliphatic carbocycles. The summed E-state index contributed by atoms with van der Waals surface area (Å²) in [5, 5.41) is 9.98. The van der Waals surface area contributed by atoms with Gasteiger partial charge in [0, 0.05) is 12.6 Å². The fourth-order valence-corrected chi connectivity index (χ4v) is 2.67. The number of halogens is 1. The highest BCUT2D eigenvalue weighted by Gasteiger charge is 2.19. The van der Waals surface area contributed by atoms with Crippen LogP contribution in [0.1, 0.15) is 28.9 Å². The van der Waals surface area contributed by atoms with E-state index >= 15 is 0 Å². The molecule has 1 aliphatic rings. The van der Waals surface area contributed by atoms with Crippen LogP contribution in [0.25, 0.3) is 0 Å². The number of carbonyl (C=O) groups is 1. The molecule has 1 aromatic carbocycles. The second-order valence-corrected chi connectivity index (χ2v) is 5.49. The molecule has 0 saturated carbocycles. The first-order chi connectivity index (χ1) is 11.2. The van der Waals surface area contributed by atoms with Crippen LogP contribution in [0, 0.1) is 6.92 Å². The van der Waals surface area contributed by atoms with Gasteiger partial charge in [0.25, 0.3) is 5.89 Å². The monoisotopic (exact) mass is 352 g/mol. The van der Waals surface area contributed by atoms with E-state index < -0.39 is 0 Å². The van der Waals surface area contributed by atoms with Gasteiger partial charge >= 0.3 is 0 Å². The molecule has 7 nitrogen and oxygen atoms in total. The summed E-state index contributed by atoms with van der Waals surface area (Å²) in [6.45, 7) is 3.30. The second-order valence-electron chi connectivity index (χ2n) is 5.49. The Morgan fingerprint density at radius 1 is 1.46 bits per heavy atom. The number of aromatic nitrogens is 2. The molecule has 8 heteroatoms. The topological polar surface area (TPSA) is 89.3 Å². The van der Waals surface area contributed by atoms with Crippen LogP contribution in [0.3, 0.4) is 0 Å². The molecule has 130 valence electrons. The van der Waals surface area contributed by atoms with Crippen molar-refractivity contribution in [1.29, 1.82) is 0 Å². The molecular weight excluding hydrogens is 332 g/mol. The van der Waals surface area contributed by atoms with Gasteiger partial charge in [0.15, 0.2) is 5.82 Å². The molecule has 0 fully saturated rings. The van der Waals surface area contributed by atoms with Crippen molar-refractivity contribution in [3.8, 4) is 0 Å². The van der Waals surface area contributed by atoms with Crippen LogP contribution in [-0.2, 0) is 22.6 Å². The molecule has 0 bridgehead atoms. The number of nitrogens with zero attached hydrogens (tertiary/aromatic N) is 2. The van der Waals surface area contributed by atoms with Gasteiger partial charge in [-0.25, -0.2) is 0 Å². The second kappa shape index (κ2) is 8.77. The van der Waals surface area contributed by atoms with Crippen LogP contribution in [0.4, 0.5) is 0 Å². The van der Waals surface area contributed by atoms with Gasteiger partial charge in [-0.05, 0) is 31.0 Å². The Hall–Kier alpha value is -1.96. The smallest absolute Gasteiger partial charge is 0.252 e. The number of fused-ring (bicyclic) bond motifs is 1. The summed E-state index contributed by atoms with van der Waals surface area (Å²) in [6, 6.07) is 8.46. The first kappa shape index (κ1) is 18.4. The number of hydrogen-bond acceptors (Lipinski definition) is 6. The van der Waals surface area contributed by atoms with Crippen molar-refractivity contribution >= 4 is 18.3 Å². The highest BCUT2D eigenvalue weighted by molar-refractivity contribution is 5.85. The fourth-order valence-electron chi connectivity index (χ4n) is 2.67. The van der Waals surface area contributed by atoms with Crippen LogP contribution in [0.5, 0.6) is 0 Å². The molecule has 1 atom stereocenters. The Morgan fingerprint density at radius 3 is 3.08 bits per heavy atom. The molecular formula is C16H21ClN4O3. The molecule has 1 amide bonds. The van der Waals surface area contributed by atoms with Crippen LogP contribution in [0.2, 0.25) is 0 Å².